The number of carbonyl (C=O) groups is 2. The third-order valence-corrected chi connectivity index (χ3v) is 10.4. The summed E-state index contributed by atoms with van der Waals surface area (Å²) in [5.41, 5.74) is 6.56. The smallest absolute Gasteiger partial charge is 0.270 e. The number of rotatable bonds is 8. The molecular formula is C35H39Cl2N7O2. The number of nitrogens with zero attached hydrogens (tertiary/aromatic N) is 4. The number of nitrogens with one attached hydrogen (secondary N) is 3. The Morgan fingerprint density at radius 1 is 0.957 bits per heavy atom. The van der Waals surface area contributed by atoms with E-state index in [-0.39, 0.29) is 24.4 Å². The first-order chi connectivity index (χ1) is 22.1. The van der Waals surface area contributed by atoms with Crippen molar-refractivity contribution in [3.63, 3.8) is 0 Å². The summed E-state index contributed by atoms with van der Waals surface area (Å²) in [6, 6.07) is 11.5. The third-order valence-electron chi connectivity index (χ3n) is 9.68. The second-order valence-electron chi connectivity index (χ2n) is 13.2. The SMILES string of the molecule is Cc1cc(C)nc(C(=O)NCc2ccc(Cl)c(Nc3nc4cc(C(=O)NC5CCCCC5)c(N5CC6CC6C5)cc4n3C)c2Cl)c1. The average molecular weight is 661 g/mol. The number of hydrogen-bond acceptors (Lipinski definition) is 6. The Bertz CT molecular complexity index is 1820. The van der Waals surface area contributed by atoms with Gasteiger partial charge in [-0.3, -0.25) is 9.59 Å². The number of piperidine rings is 1. The van der Waals surface area contributed by atoms with Gasteiger partial charge < -0.3 is 25.4 Å². The van der Waals surface area contributed by atoms with E-state index in [1.807, 2.05) is 37.6 Å². The molecule has 1 saturated heterocycles. The summed E-state index contributed by atoms with van der Waals surface area (Å²) in [6.07, 6.45) is 6.89. The van der Waals surface area contributed by atoms with E-state index < -0.39 is 0 Å². The molecular weight excluding hydrogens is 621 g/mol. The van der Waals surface area contributed by atoms with Crippen LogP contribution < -0.4 is 20.9 Å². The number of aromatic nitrogens is 3. The maximum absolute atomic E-state index is 13.7. The third kappa shape index (κ3) is 6.15. The second-order valence-corrected chi connectivity index (χ2v) is 14.0. The van der Waals surface area contributed by atoms with E-state index in [2.05, 4.69) is 31.9 Å². The summed E-state index contributed by atoms with van der Waals surface area (Å²) < 4.78 is 1.96. The Labute approximate surface area is 279 Å². The topological polar surface area (TPSA) is 104 Å². The van der Waals surface area contributed by atoms with Crippen LogP contribution in [-0.2, 0) is 13.6 Å². The average Bonchev–Trinajstić information content (AvgIpc) is 3.52. The van der Waals surface area contributed by atoms with Gasteiger partial charge in [0, 0.05) is 38.4 Å². The van der Waals surface area contributed by atoms with Crippen molar-refractivity contribution >= 4 is 63.4 Å². The lowest BCUT2D eigenvalue weighted by Crippen LogP contribution is -2.37. The van der Waals surface area contributed by atoms with Gasteiger partial charge in [-0.15, -0.1) is 0 Å². The number of imidazole rings is 1. The number of halogens is 2. The Morgan fingerprint density at radius 3 is 2.46 bits per heavy atom. The highest BCUT2D eigenvalue weighted by Gasteiger charge is 2.45. The predicted octanol–water partition coefficient (Wildman–Crippen LogP) is 7.08. The monoisotopic (exact) mass is 659 g/mol. The first-order valence-electron chi connectivity index (χ1n) is 16.2. The quantitative estimate of drug-likeness (QED) is 0.187. The van der Waals surface area contributed by atoms with Gasteiger partial charge in [-0.1, -0.05) is 48.5 Å². The summed E-state index contributed by atoms with van der Waals surface area (Å²) >= 11 is 13.5. The fourth-order valence-electron chi connectivity index (χ4n) is 7.07. The van der Waals surface area contributed by atoms with E-state index >= 15 is 0 Å². The number of anilines is 3. The molecule has 2 aromatic heterocycles. The standard InChI is InChI=1S/C35H39Cl2N7O2/c1-19-11-20(2)39-28(12-19)34(46)38-16-21-9-10-26(36)32(31(21)37)42-35-41-27-14-25(33(45)40-24-7-5-4-6-8-24)29(15-30(27)43(35)3)44-17-22-13-23(22)18-44/h9-12,14-15,22-24H,4-8,13,16-18H2,1-3H3,(H,38,46)(H,40,45)(H,41,42). The van der Waals surface area contributed by atoms with Gasteiger partial charge in [-0.2, -0.15) is 0 Å². The maximum Gasteiger partial charge on any atom is 0.270 e. The lowest BCUT2D eigenvalue weighted by Gasteiger charge is -2.26. The molecule has 240 valence electrons. The van der Waals surface area contributed by atoms with Crippen LogP contribution in [-0.4, -0.2) is 45.5 Å². The largest absolute Gasteiger partial charge is 0.370 e. The molecule has 3 heterocycles. The number of fused-ring (bicyclic) bond motifs is 2. The van der Waals surface area contributed by atoms with Crippen LogP contribution in [0, 0.1) is 25.7 Å². The molecule has 3 N–H and O–H groups in total. The Balaban J connectivity index is 1.16. The van der Waals surface area contributed by atoms with E-state index in [0.717, 1.165) is 73.1 Å². The molecule has 0 radical (unpaired) electrons. The number of benzene rings is 2. The van der Waals surface area contributed by atoms with Gasteiger partial charge in [-0.05, 0) is 86.4 Å². The molecule has 0 bridgehead atoms. The first kappa shape index (κ1) is 30.8. The fourth-order valence-corrected chi connectivity index (χ4v) is 7.60. The molecule has 2 saturated carbocycles. The van der Waals surface area contributed by atoms with Crippen LogP contribution in [0.1, 0.15) is 76.2 Å². The van der Waals surface area contributed by atoms with Gasteiger partial charge >= 0.3 is 0 Å². The molecule has 4 aromatic rings. The van der Waals surface area contributed by atoms with Crippen molar-refractivity contribution in [1.29, 1.82) is 0 Å². The van der Waals surface area contributed by atoms with Gasteiger partial charge in [0.1, 0.15) is 5.69 Å². The molecule has 3 fully saturated rings. The Hall–Kier alpha value is -3.82. The number of pyridine rings is 1. The summed E-state index contributed by atoms with van der Waals surface area (Å²) in [5.74, 6) is 1.69. The summed E-state index contributed by atoms with van der Waals surface area (Å²) in [4.78, 5) is 38.2. The fraction of sp³-hybridized carbons (Fsp3) is 0.429. The normalized spacial score (nSPS) is 19.3. The molecule has 11 heteroatoms. The summed E-state index contributed by atoms with van der Waals surface area (Å²) in [7, 11) is 1.94. The number of hydrogen-bond donors (Lipinski definition) is 3. The second kappa shape index (κ2) is 12.4. The molecule has 2 atom stereocenters. The van der Waals surface area contributed by atoms with Crippen molar-refractivity contribution in [3.05, 3.63) is 74.5 Å². The summed E-state index contributed by atoms with van der Waals surface area (Å²) in [5, 5.41) is 10.4. The van der Waals surface area contributed by atoms with Crippen LogP contribution in [0.3, 0.4) is 0 Å². The number of carbonyl (C=O) groups excluding carboxylic acids is 2. The number of aryl methyl sites for hydroxylation is 3. The summed E-state index contributed by atoms with van der Waals surface area (Å²) in [6.45, 7) is 5.96. The maximum atomic E-state index is 13.7. The van der Waals surface area contributed by atoms with Crippen molar-refractivity contribution in [2.45, 2.75) is 65.0 Å². The van der Waals surface area contributed by atoms with E-state index in [1.165, 1.54) is 12.8 Å². The number of amides is 2. The molecule has 0 spiro atoms. The minimum absolute atomic E-state index is 0.0265. The first-order valence-corrected chi connectivity index (χ1v) is 16.9. The zero-order valence-corrected chi connectivity index (χ0v) is 27.9. The molecule has 46 heavy (non-hydrogen) atoms. The highest BCUT2D eigenvalue weighted by molar-refractivity contribution is 6.39. The van der Waals surface area contributed by atoms with Crippen LogP contribution in [0.2, 0.25) is 10.0 Å². The molecule has 3 aliphatic rings. The predicted molar refractivity (Wildman–Crippen MR) is 183 cm³/mol. The van der Waals surface area contributed by atoms with Crippen molar-refractivity contribution < 1.29 is 9.59 Å². The van der Waals surface area contributed by atoms with Gasteiger partial charge in [0.2, 0.25) is 5.95 Å². The highest BCUT2D eigenvalue weighted by atomic mass is 35.5. The molecule has 9 nitrogen and oxygen atoms in total. The molecule has 2 unspecified atom stereocenters. The molecule has 2 aromatic carbocycles. The van der Waals surface area contributed by atoms with Gasteiger partial charge in [0.05, 0.1) is 38.0 Å². The van der Waals surface area contributed by atoms with Gasteiger partial charge in [0.15, 0.2) is 0 Å². The van der Waals surface area contributed by atoms with Gasteiger partial charge in [-0.25, -0.2) is 9.97 Å². The highest BCUT2D eigenvalue weighted by Crippen LogP contribution is 2.47. The van der Waals surface area contributed by atoms with E-state index in [9.17, 15) is 9.59 Å². The van der Waals surface area contributed by atoms with Crippen molar-refractivity contribution in [3.8, 4) is 0 Å². The molecule has 7 rings (SSSR count). The zero-order chi connectivity index (χ0) is 32.1. The lowest BCUT2D eigenvalue weighted by atomic mass is 9.95. The Kier molecular flexibility index (Phi) is 8.32. The van der Waals surface area contributed by atoms with Crippen LogP contribution >= 0.6 is 23.2 Å². The van der Waals surface area contributed by atoms with Crippen molar-refractivity contribution in [2.75, 3.05) is 23.3 Å². The van der Waals surface area contributed by atoms with Crippen molar-refractivity contribution in [2.24, 2.45) is 18.9 Å². The van der Waals surface area contributed by atoms with Gasteiger partial charge in [0.25, 0.3) is 11.8 Å². The van der Waals surface area contributed by atoms with E-state index in [0.29, 0.717) is 44.0 Å². The molecule has 1 aliphatic heterocycles. The van der Waals surface area contributed by atoms with Crippen LogP contribution in [0.4, 0.5) is 17.3 Å². The minimum atomic E-state index is -0.280. The minimum Gasteiger partial charge on any atom is -0.370 e. The molecule has 2 aliphatic carbocycles. The lowest BCUT2D eigenvalue weighted by molar-refractivity contribution is 0.0925. The Morgan fingerprint density at radius 2 is 1.72 bits per heavy atom. The van der Waals surface area contributed by atoms with E-state index in [1.54, 1.807) is 18.2 Å². The van der Waals surface area contributed by atoms with Crippen LogP contribution in [0.5, 0.6) is 0 Å². The van der Waals surface area contributed by atoms with E-state index in [4.69, 9.17) is 28.2 Å². The van der Waals surface area contributed by atoms with Crippen LogP contribution in [0.25, 0.3) is 11.0 Å². The van der Waals surface area contributed by atoms with Crippen LogP contribution in [0.15, 0.2) is 36.4 Å². The zero-order valence-electron chi connectivity index (χ0n) is 26.4. The molecule has 2 amide bonds. The van der Waals surface area contributed by atoms with Crippen molar-refractivity contribution in [1.82, 2.24) is 25.2 Å².